The Morgan fingerprint density at radius 1 is 1.50 bits per heavy atom. The monoisotopic (exact) mass is 118 g/mol. The molecule has 2 unspecified atom stereocenters. The lowest BCUT2D eigenvalue weighted by molar-refractivity contribution is 0.147. The van der Waals surface area contributed by atoms with Gasteiger partial charge in [0.2, 0.25) is 0 Å². The van der Waals surface area contributed by atoms with Crippen molar-refractivity contribution >= 4 is 0 Å². The van der Waals surface area contributed by atoms with Gasteiger partial charge in [-0.1, -0.05) is 13.3 Å². The van der Waals surface area contributed by atoms with Gasteiger partial charge in [0.15, 0.2) is 0 Å². The van der Waals surface area contributed by atoms with Gasteiger partial charge in [-0.2, -0.15) is 0 Å². The van der Waals surface area contributed by atoms with Gasteiger partial charge in [-0.25, -0.2) is 0 Å². The average molecular weight is 118 g/mol. The summed E-state index contributed by atoms with van der Waals surface area (Å²) in [6.07, 6.45) is 0.905. The fourth-order valence-electron chi connectivity index (χ4n) is 0.504. The molecule has 8 heavy (non-hydrogen) atoms. The number of aliphatic hydroxyl groups excluding tert-OH is 1. The third kappa shape index (κ3) is 2.96. The lowest BCUT2D eigenvalue weighted by Gasteiger charge is -2.11. The summed E-state index contributed by atoms with van der Waals surface area (Å²) < 4.78 is 0. The SMILES string of the molecule is CCCC(N)C(N)O. The zero-order valence-electron chi connectivity index (χ0n) is 5.17. The van der Waals surface area contributed by atoms with Crippen molar-refractivity contribution in [2.45, 2.75) is 32.0 Å². The predicted octanol–water partition coefficient (Wildman–Crippen LogP) is -0.609. The average Bonchev–Trinajstić information content (AvgIpc) is 1.67. The Hall–Kier alpha value is -0.120. The predicted molar refractivity (Wildman–Crippen MR) is 33.1 cm³/mol. The summed E-state index contributed by atoms with van der Waals surface area (Å²) in [5.74, 6) is 0. The molecule has 0 bridgehead atoms. The van der Waals surface area contributed by atoms with E-state index in [1.54, 1.807) is 0 Å². The van der Waals surface area contributed by atoms with Crippen LogP contribution in [-0.4, -0.2) is 17.4 Å². The van der Waals surface area contributed by atoms with Crippen molar-refractivity contribution in [1.82, 2.24) is 0 Å². The number of hydrogen-bond acceptors (Lipinski definition) is 3. The minimum absolute atomic E-state index is 0.250. The molecule has 0 aliphatic carbocycles. The second-order valence-corrected chi connectivity index (χ2v) is 1.94. The smallest absolute Gasteiger partial charge is 0.117 e. The maximum Gasteiger partial charge on any atom is 0.117 e. The number of nitrogens with two attached hydrogens (primary N) is 2. The molecule has 3 nitrogen and oxygen atoms in total. The Morgan fingerprint density at radius 2 is 2.00 bits per heavy atom. The summed E-state index contributed by atoms with van der Waals surface area (Å²) in [7, 11) is 0. The van der Waals surface area contributed by atoms with E-state index in [1.165, 1.54) is 0 Å². The minimum atomic E-state index is -0.852. The molecule has 3 heteroatoms. The molecule has 2 atom stereocenters. The summed E-state index contributed by atoms with van der Waals surface area (Å²) in [4.78, 5) is 0. The van der Waals surface area contributed by atoms with Crippen LogP contribution in [0.1, 0.15) is 19.8 Å². The van der Waals surface area contributed by atoms with Gasteiger partial charge in [0.1, 0.15) is 6.23 Å². The van der Waals surface area contributed by atoms with E-state index in [-0.39, 0.29) is 6.04 Å². The van der Waals surface area contributed by atoms with Crippen molar-refractivity contribution in [3.05, 3.63) is 0 Å². The van der Waals surface area contributed by atoms with E-state index < -0.39 is 6.23 Å². The molecule has 0 fully saturated rings. The van der Waals surface area contributed by atoms with Crippen molar-refractivity contribution in [1.29, 1.82) is 0 Å². The Labute approximate surface area is 49.7 Å². The van der Waals surface area contributed by atoms with Crippen LogP contribution in [0.2, 0.25) is 0 Å². The van der Waals surface area contributed by atoms with Gasteiger partial charge in [0.05, 0.1) is 0 Å². The van der Waals surface area contributed by atoms with Gasteiger partial charge >= 0.3 is 0 Å². The fraction of sp³-hybridized carbons (Fsp3) is 1.00. The molecule has 0 saturated carbocycles. The van der Waals surface area contributed by atoms with Crippen molar-refractivity contribution in [2.75, 3.05) is 0 Å². The van der Waals surface area contributed by atoms with Crippen LogP contribution in [0.15, 0.2) is 0 Å². The van der Waals surface area contributed by atoms with E-state index in [0.29, 0.717) is 0 Å². The third-order valence-corrected chi connectivity index (χ3v) is 1.06. The van der Waals surface area contributed by atoms with Gasteiger partial charge < -0.3 is 16.6 Å². The van der Waals surface area contributed by atoms with Gasteiger partial charge in [-0.05, 0) is 6.42 Å². The van der Waals surface area contributed by atoms with Gasteiger partial charge in [0.25, 0.3) is 0 Å². The normalized spacial score (nSPS) is 18.0. The molecular weight excluding hydrogens is 104 g/mol. The zero-order valence-corrected chi connectivity index (χ0v) is 5.17. The van der Waals surface area contributed by atoms with Crippen LogP contribution in [0.25, 0.3) is 0 Å². The lowest BCUT2D eigenvalue weighted by Crippen LogP contribution is -2.40. The highest BCUT2D eigenvalue weighted by molar-refractivity contribution is 4.63. The van der Waals surface area contributed by atoms with Crippen LogP contribution in [0.4, 0.5) is 0 Å². The standard InChI is InChI=1S/C5H14N2O/c1-2-3-4(6)5(7)8/h4-5,8H,2-3,6-7H2,1H3. The maximum atomic E-state index is 8.60. The Balaban J connectivity index is 3.17. The molecule has 0 aromatic heterocycles. The maximum absolute atomic E-state index is 8.60. The largest absolute Gasteiger partial charge is 0.377 e. The highest BCUT2D eigenvalue weighted by atomic mass is 16.3. The van der Waals surface area contributed by atoms with Crippen LogP contribution >= 0.6 is 0 Å². The molecule has 0 saturated heterocycles. The van der Waals surface area contributed by atoms with E-state index >= 15 is 0 Å². The molecular formula is C5H14N2O. The van der Waals surface area contributed by atoms with E-state index in [9.17, 15) is 0 Å². The lowest BCUT2D eigenvalue weighted by atomic mass is 10.2. The molecule has 50 valence electrons. The summed E-state index contributed by atoms with van der Waals surface area (Å²) in [6.45, 7) is 2.00. The van der Waals surface area contributed by atoms with E-state index in [1.807, 2.05) is 6.92 Å². The van der Waals surface area contributed by atoms with Crippen molar-refractivity contribution < 1.29 is 5.11 Å². The second kappa shape index (κ2) is 3.83. The van der Waals surface area contributed by atoms with Crippen molar-refractivity contribution in [2.24, 2.45) is 11.5 Å². The van der Waals surface area contributed by atoms with Gasteiger partial charge in [0, 0.05) is 6.04 Å². The number of rotatable bonds is 3. The molecule has 0 aromatic carbocycles. The van der Waals surface area contributed by atoms with Crippen LogP contribution in [0.5, 0.6) is 0 Å². The summed E-state index contributed by atoms with van der Waals surface area (Å²) in [5.41, 5.74) is 10.4. The highest BCUT2D eigenvalue weighted by Crippen LogP contribution is 1.93. The Kier molecular flexibility index (Phi) is 3.77. The molecule has 5 N–H and O–H groups in total. The van der Waals surface area contributed by atoms with Gasteiger partial charge in [-0.3, -0.25) is 0 Å². The van der Waals surface area contributed by atoms with E-state index in [0.717, 1.165) is 12.8 Å². The quantitative estimate of drug-likeness (QED) is 0.433. The molecule has 0 aromatic rings. The summed E-state index contributed by atoms with van der Waals surface area (Å²) >= 11 is 0. The molecule has 0 amide bonds. The molecule has 0 spiro atoms. The number of aliphatic hydroxyl groups is 1. The third-order valence-electron chi connectivity index (χ3n) is 1.06. The minimum Gasteiger partial charge on any atom is -0.377 e. The first-order chi connectivity index (χ1) is 3.68. The Morgan fingerprint density at radius 3 is 2.12 bits per heavy atom. The van der Waals surface area contributed by atoms with Crippen LogP contribution in [-0.2, 0) is 0 Å². The molecule has 0 radical (unpaired) electrons. The van der Waals surface area contributed by atoms with Crippen molar-refractivity contribution in [3.8, 4) is 0 Å². The molecule has 0 heterocycles. The first-order valence-corrected chi connectivity index (χ1v) is 2.87. The Bertz CT molecular complexity index is 56.4. The fourth-order valence-corrected chi connectivity index (χ4v) is 0.504. The first-order valence-electron chi connectivity index (χ1n) is 2.87. The highest BCUT2D eigenvalue weighted by Gasteiger charge is 2.06. The number of hydrogen-bond donors (Lipinski definition) is 3. The second-order valence-electron chi connectivity index (χ2n) is 1.94. The first kappa shape index (κ1) is 7.88. The zero-order chi connectivity index (χ0) is 6.57. The van der Waals surface area contributed by atoms with Crippen LogP contribution in [0.3, 0.4) is 0 Å². The summed E-state index contributed by atoms with van der Waals surface area (Å²) in [5, 5.41) is 8.60. The molecule has 0 aliphatic rings. The van der Waals surface area contributed by atoms with E-state index in [4.69, 9.17) is 16.6 Å². The van der Waals surface area contributed by atoms with Crippen LogP contribution in [0, 0.1) is 0 Å². The topological polar surface area (TPSA) is 72.3 Å². The van der Waals surface area contributed by atoms with Crippen molar-refractivity contribution in [3.63, 3.8) is 0 Å². The summed E-state index contributed by atoms with van der Waals surface area (Å²) in [6, 6.07) is -0.250. The van der Waals surface area contributed by atoms with E-state index in [2.05, 4.69) is 0 Å². The van der Waals surface area contributed by atoms with Gasteiger partial charge in [-0.15, -0.1) is 0 Å². The molecule has 0 aliphatic heterocycles. The molecule has 0 rings (SSSR count). The van der Waals surface area contributed by atoms with Crippen LogP contribution < -0.4 is 11.5 Å².